The van der Waals surface area contributed by atoms with Gasteiger partial charge in [-0.15, -0.1) is 0 Å². The highest BCUT2D eigenvalue weighted by Gasteiger charge is 2.19. The number of carbonyl (C=O) groups excluding carboxylic acids is 1. The van der Waals surface area contributed by atoms with E-state index in [-0.39, 0.29) is 5.91 Å². The molecule has 1 saturated carbocycles. The molecule has 3 N–H and O–H groups in total. The highest BCUT2D eigenvalue weighted by Crippen LogP contribution is 2.29. The quantitative estimate of drug-likeness (QED) is 0.790. The number of anilines is 2. The molecule has 4 nitrogen and oxygen atoms in total. The van der Waals surface area contributed by atoms with E-state index in [1.54, 1.807) is 25.1 Å². The first-order valence-electron chi connectivity index (χ1n) is 7.03. The highest BCUT2D eigenvalue weighted by atomic mass is 35.5. The van der Waals surface area contributed by atoms with Gasteiger partial charge in [0.2, 0.25) is 0 Å². The first-order chi connectivity index (χ1) is 9.56. The molecule has 2 rings (SSSR count). The lowest BCUT2D eigenvalue weighted by molar-refractivity contribution is -0.126. The molecule has 0 heterocycles. The summed E-state index contributed by atoms with van der Waals surface area (Å²) in [6.07, 6.45) is 4.51. The lowest BCUT2D eigenvalue weighted by Crippen LogP contribution is -2.28. The first-order valence-corrected chi connectivity index (χ1v) is 7.41. The molecular weight excluding hydrogens is 276 g/mol. The molecule has 110 valence electrons. The summed E-state index contributed by atoms with van der Waals surface area (Å²) in [6, 6.07) is 5.02. The van der Waals surface area contributed by atoms with Gasteiger partial charge in [-0.25, -0.2) is 0 Å². The van der Waals surface area contributed by atoms with Gasteiger partial charge in [-0.1, -0.05) is 30.9 Å². The number of ether oxygens (including phenoxy) is 1. The molecule has 1 amide bonds. The fraction of sp³-hybridized carbons (Fsp3) is 0.533. The Labute approximate surface area is 124 Å². The van der Waals surface area contributed by atoms with Crippen LogP contribution in [0.25, 0.3) is 0 Å². The fourth-order valence-corrected chi connectivity index (χ4v) is 2.25. The van der Waals surface area contributed by atoms with Crippen molar-refractivity contribution in [2.24, 2.45) is 5.92 Å². The molecule has 0 aromatic heterocycles. The highest BCUT2D eigenvalue weighted by molar-refractivity contribution is 6.33. The van der Waals surface area contributed by atoms with Crippen molar-refractivity contribution in [3.05, 3.63) is 23.2 Å². The van der Waals surface area contributed by atoms with Gasteiger partial charge in [0.05, 0.1) is 10.7 Å². The van der Waals surface area contributed by atoms with Crippen LogP contribution in [0.15, 0.2) is 18.2 Å². The molecular formula is C15H21ClN2O2. The summed E-state index contributed by atoms with van der Waals surface area (Å²) in [4.78, 5) is 12.0. The predicted molar refractivity (Wildman–Crippen MR) is 81.9 cm³/mol. The normalized spacial score (nSPS) is 16.5. The summed E-state index contributed by atoms with van der Waals surface area (Å²) < 4.78 is 5.57. The third-order valence-electron chi connectivity index (χ3n) is 3.75. The van der Waals surface area contributed by atoms with E-state index < -0.39 is 6.10 Å². The van der Waals surface area contributed by atoms with Crippen molar-refractivity contribution in [3.8, 4) is 0 Å². The van der Waals surface area contributed by atoms with Gasteiger partial charge < -0.3 is 15.8 Å². The molecule has 1 unspecified atom stereocenters. The molecule has 0 aliphatic heterocycles. The monoisotopic (exact) mass is 296 g/mol. The van der Waals surface area contributed by atoms with Crippen LogP contribution in [-0.2, 0) is 9.53 Å². The van der Waals surface area contributed by atoms with Crippen LogP contribution in [0, 0.1) is 5.92 Å². The zero-order valence-electron chi connectivity index (χ0n) is 11.7. The zero-order chi connectivity index (χ0) is 14.5. The van der Waals surface area contributed by atoms with Gasteiger partial charge in [0.15, 0.2) is 0 Å². The minimum absolute atomic E-state index is 0.166. The van der Waals surface area contributed by atoms with Crippen LogP contribution in [0.3, 0.4) is 0 Å². The Morgan fingerprint density at radius 3 is 2.90 bits per heavy atom. The first kappa shape index (κ1) is 15.1. The number of benzene rings is 1. The molecule has 1 aromatic rings. The molecule has 0 spiro atoms. The van der Waals surface area contributed by atoms with Crippen LogP contribution in [0.2, 0.25) is 5.02 Å². The molecule has 0 saturated heterocycles. The SMILES string of the molecule is CC(OCCC1CCC1)C(=O)Nc1ccc(Cl)c(N)c1. The van der Waals surface area contributed by atoms with Crippen LogP contribution in [0.1, 0.15) is 32.6 Å². The Bertz CT molecular complexity index is 475. The van der Waals surface area contributed by atoms with E-state index in [2.05, 4.69) is 5.32 Å². The minimum atomic E-state index is -0.466. The van der Waals surface area contributed by atoms with E-state index in [1.165, 1.54) is 19.3 Å². The molecule has 1 fully saturated rings. The van der Waals surface area contributed by atoms with Crippen LogP contribution >= 0.6 is 11.6 Å². The number of rotatable bonds is 6. The molecule has 1 atom stereocenters. The van der Waals surface area contributed by atoms with Gasteiger partial charge in [-0.3, -0.25) is 4.79 Å². The third-order valence-corrected chi connectivity index (χ3v) is 4.10. The van der Waals surface area contributed by atoms with Gasteiger partial charge >= 0.3 is 0 Å². The average molecular weight is 297 g/mol. The maximum Gasteiger partial charge on any atom is 0.253 e. The van der Waals surface area contributed by atoms with E-state index in [0.717, 1.165) is 12.3 Å². The number of amides is 1. The predicted octanol–water partition coefficient (Wildman–Crippen LogP) is 3.46. The second-order valence-corrected chi connectivity index (χ2v) is 5.73. The Balaban J connectivity index is 1.75. The van der Waals surface area contributed by atoms with Crippen LogP contribution < -0.4 is 11.1 Å². The van der Waals surface area contributed by atoms with Crippen molar-refractivity contribution in [2.75, 3.05) is 17.7 Å². The lowest BCUT2D eigenvalue weighted by Gasteiger charge is -2.25. The van der Waals surface area contributed by atoms with Gasteiger partial charge in [0, 0.05) is 12.3 Å². The smallest absolute Gasteiger partial charge is 0.253 e. The van der Waals surface area contributed by atoms with Crippen molar-refractivity contribution in [2.45, 2.75) is 38.7 Å². The fourth-order valence-electron chi connectivity index (χ4n) is 2.13. The zero-order valence-corrected chi connectivity index (χ0v) is 12.5. The second-order valence-electron chi connectivity index (χ2n) is 5.32. The Morgan fingerprint density at radius 2 is 2.30 bits per heavy atom. The Morgan fingerprint density at radius 1 is 1.55 bits per heavy atom. The topological polar surface area (TPSA) is 64.3 Å². The number of carbonyl (C=O) groups is 1. The van der Waals surface area contributed by atoms with E-state index in [9.17, 15) is 4.79 Å². The van der Waals surface area contributed by atoms with Crippen molar-refractivity contribution in [1.82, 2.24) is 0 Å². The van der Waals surface area contributed by atoms with Crippen LogP contribution in [-0.4, -0.2) is 18.6 Å². The summed E-state index contributed by atoms with van der Waals surface area (Å²) in [5, 5.41) is 3.25. The third kappa shape index (κ3) is 4.12. The van der Waals surface area contributed by atoms with Gasteiger partial charge in [-0.2, -0.15) is 0 Å². The number of hydrogen-bond donors (Lipinski definition) is 2. The summed E-state index contributed by atoms with van der Waals surface area (Å²) in [5.74, 6) is 0.627. The molecule has 0 bridgehead atoms. The summed E-state index contributed by atoms with van der Waals surface area (Å²) in [5.41, 5.74) is 6.77. The largest absolute Gasteiger partial charge is 0.397 e. The van der Waals surface area contributed by atoms with Crippen LogP contribution in [0.5, 0.6) is 0 Å². The van der Waals surface area contributed by atoms with E-state index in [1.807, 2.05) is 0 Å². The molecule has 20 heavy (non-hydrogen) atoms. The molecule has 1 aliphatic carbocycles. The summed E-state index contributed by atoms with van der Waals surface area (Å²) in [7, 11) is 0. The second kappa shape index (κ2) is 6.95. The molecule has 5 heteroatoms. The number of nitrogen functional groups attached to an aromatic ring is 1. The van der Waals surface area contributed by atoms with Crippen LogP contribution in [0.4, 0.5) is 11.4 Å². The number of halogens is 1. The standard InChI is InChI=1S/C15H21ClN2O2/c1-10(20-8-7-11-3-2-4-11)15(19)18-12-5-6-13(16)14(17)9-12/h5-6,9-11H,2-4,7-8,17H2,1H3,(H,18,19). The van der Waals surface area contributed by atoms with Crippen molar-refractivity contribution < 1.29 is 9.53 Å². The average Bonchev–Trinajstić information content (AvgIpc) is 2.36. The molecule has 0 radical (unpaired) electrons. The Kier molecular flexibility index (Phi) is 5.26. The van der Waals surface area contributed by atoms with E-state index >= 15 is 0 Å². The van der Waals surface area contributed by atoms with Gasteiger partial charge in [0.1, 0.15) is 6.10 Å². The summed E-state index contributed by atoms with van der Waals surface area (Å²) in [6.45, 7) is 2.40. The maximum atomic E-state index is 12.0. The number of hydrogen-bond acceptors (Lipinski definition) is 3. The number of nitrogens with one attached hydrogen (secondary N) is 1. The van der Waals surface area contributed by atoms with Gasteiger partial charge in [-0.05, 0) is 37.5 Å². The maximum absolute atomic E-state index is 12.0. The van der Waals surface area contributed by atoms with Crippen molar-refractivity contribution in [1.29, 1.82) is 0 Å². The lowest BCUT2D eigenvalue weighted by atomic mass is 9.83. The van der Waals surface area contributed by atoms with Crippen molar-refractivity contribution >= 4 is 28.9 Å². The Hall–Kier alpha value is -1.26. The molecule has 1 aliphatic rings. The minimum Gasteiger partial charge on any atom is -0.397 e. The van der Waals surface area contributed by atoms with E-state index in [4.69, 9.17) is 22.1 Å². The molecule has 1 aromatic carbocycles. The van der Waals surface area contributed by atoms with E-state index in [0.29, 0.717) is 23.0 Å². The van der Waals surface area contributed by atoms with Crippen molar-refractivity contribution in [3.63, 3.8) is 0 Å². The van der Waals surface area contributed by atoms with Gasteiger partial charge in [0.25, 0.3) is 5.91 Å². The number of nitrogens with two attached hydrogens (primary N) is 1. The summed E-state index contributed by atoms with van der Waals surface area (Å²) >= 11 is 5.83.